The zero-order chi connectivity index (χ0) is 48.5. The van der Waals surface area contributed by atoms with E-state index in [0.29, 0.717) is 6.42 Å². The van der Waals surface area contributed by atoms with Gasteiger partial charge in [-0.15, -0.1) is 0 Å². The number of carbonyl (C=O) groups excluding carboxylic acids is 1. The predicted octanol–water partition coefficient (Wildman–Crippen LogP) is 20.4. The summed E-state index contributed by atoms with van der Waals surface area (Å²) in [7, 11) is 0. The van der Waals surface area contributed by atoms with Gasteiger partial charge in [0.2, 0.25) is 5.91 Å². The summed E-state index contributed by atoms with van der Waals surface area (Å²) in [6.45, 7) is 4.35. The van der Waals surface area contributed by atoms with Crippen molar-refractivity contribution in [1.82, 2.24) is 5.32 Å². The minimum atomic E-state index is -0.839. The van der Waals surface area contributed by atoms with Gasteiger partial charge in [-0.3, -0.25) is 4.79 Å². The molecule has 0 aromatic carbocycles. The van der Waals surface area contributed by atoms with E-state index < -0.39 is 12.1 Å². The third-order valence-corrected chi connectivity index (χ3v) is 14.4. The molecule has 4 nitrogen and oxygen atoms in total. The first-order valence-electron chi connectivity index (χ1n) is 30.7. The summed E-state index contributed by atoms with van der Waals surface area (Å²) >= 11 is 0. The Hall–Kier alpha value is -1.39. The molecule has 0 aliphatic heterocycles. The van der Waals surface area contributed by atoms with Gasteiger partial charge in [-0.2, -0.15) is 0 Å². The highest BCUT2D eigenvalue weighted by Crippen LogP contribution is 2.18. The first-order chi connectivity index (χ1) is 33.2. The van der Waals surface area contributed by atoms with E-state index in [1.165, 1.54) is 289 Å². The molecular formula is C63H121NO3. The van der Waals surface area contributed by atoms with E-state index in [4.69, 9.17) is 0 Å². The molecule has 0 heterocycles. The molecule has 1 amide bonds. The van der Waals surface area contributed by atoms with Crippen molar-refractivity contribution in [2.75, 3.05) is 6.61 Å². The number of hydrogen-bond acceptors (Lipinski definition) is 3. The molecule has 0 aliphatic carbocycles. The summed E-state index contributed by atoms with van der Waals surface area (Å²) in [6.07, 6.45) is 80.5. The number of aliphatic hydroxyl groups is 2. The van der Waals surface area contributed by atoms with Gasteiger partial charge in [0.1, 0.15) is 0 Å². The number of amides is 1. The lowest BCUT2D eigenvalue weighted by Crippen LogP contribution is -2.45. The van der Waals surface area contributed by atoms with Crippen LogP contribution < -0.4 is 5.32 Å². The van der Waals surface area contributed by atoms with Crippen molar-refractivity contribution >= 4 is 5.91 Å². The molecule has 2 atom stereocenters. The molecule has 0 saturated heterocycles. The summed E-state index contributed by atoms with van der Waals surface area (Å²) in [5.74, 6) is -0.0584. The van der Waals surface area contributed by atoms with Crippen LogP contribution in [-0.2, 0) is 4.79 Å². The molecule has 396 valence electrons. The van der Waals surface area contributed by atoms with E-state index >= 15 is 0 Å². The van der Waals surface area contributed by atoms with Crippen LogP contribution in [0, 0.1) is 0 Å². The molecule has 0 saturated carbocycles. The van der Waals surface area contributed by atoms with Gasteiger partial charge < -0.3 is 15.5 Å². The number of carbonyl (C=O) groups is 1. The van der Waals surface area contributed by atoms with Crippen LogP contribution in [0.4, 0.5) is 0 Å². The monoisotopic (exact) mass is 940 g/mol. The Morgan fingerprint density at radius 1 is 0.358 bits per heavy atom. The maximum atomic E-state index is 12.5. The Labute approximate surface area is 421 Å². The fraction of sp³-hybridized carbons (Fsp3) is 0.889. The van der Waals surface area contributed by atoms with Crippen LogP contribution >= 0.6 is 0 Å². The molecule has 0 aromatic rings. The largest absolute Gasteiger partial charge is 0.394 e. The standard InChI is InChI=1S/C63H121NO3/c1-3-5-7-9-11-13-15-17-19-21-23-25-26-27-28-29-30-31-32-33-34-35-36-37-38-39-41-43-45-47-49-51-53-55-57-59-63(67)64-61(60-65)62(66)58-56-54-52-50-48-46-44-42-40-24-22-20-18-16-14-12-10-8-6-4-2/h26-27,29-30,56,58,61-62,65-66H,3-25,28,31-55,57,59-60H2,1-2H3,(H,64,67)/b27-26-,30-29-,58-56+. The van der Waals surface area contributed by atoms with Crippen LogP contribution in [0.3, 0.4) is 0 Å². The predicted molar refractivity (Wildman–Crippen MR) is 299 cm³/mol. The SMILES string of the molecule is CCCCCCCCCCCCC/C=C\C/C=C\CCCCCCCCCCCCCCCCCCCC(=O)NC(CO)C(O)/C=C/CCCCCCCCCCCCCCCCCCCC. The van der Waals surface area contributed by atoms with Crippen molar-refractivity contribution in [2.45, 2.75) is 353 Å². The van der Waals surface area contributed by atoms with Gasteiger partial charge in [0, 0.05) is 6.42 Å². The topological polar surface area (TPSA) is 69.6 Å². The molecule has 0 bridgehead atoms. The van der Waals surface area contributed by atoms with Gasteiger partial charge in [0.25, 0.3) is 0 Å². The van der Waals surface area contributed by atoms with Crippen LogP contribution in [0.1, 0.15) is 341 Å². The average molecular weight is 941 g/mol. The van der Waals surface area contributed by atoms with Crippen LogP contribution in [0.2, 0.25) is 0 Å². The van der Waals surface area contributed by atoms with Gasteiger partial charge >= 0.3 is 0 Å². The lowest BCUT2D eigenvalue weighted by Gasteiger charge is -2.20. The van der Waals surface area contributed by atoms with Crippen LogP contribution in [0.5, 0.6) is 0 Å². The van der Waals surface area contributed by atoms with E-state index in [9.17, 15) is 15.0 Å². The molecule has 2 unspecified atom stereocenters. The highest BCUT2D eigenvalue weighted by Gasteiger charge is 2.18. The molecular weight excluding hydrogens is 819 g/mol. The minimum Gasteiger partial charge on any atom is -0.394 e. The zero-order valence-electron chi connectivity index (χ0n) is 45.7. The van der Waals surface area contributed by atoms with Gasteiger partial charge in [0.15, 0.2) is 0 Å². The Morgan fingerprint density at radius 3 is 0.896 bits per heavy atom. The van der Waals surface area contributed by atoms with Crippen LogP contribution in [0.25, 0.3) is 0 Å². The fourth-order valence-electron chi connectivity index (χ4n) is 9.68. The van der Waals surface area contributed by atoms with Gasteiger partial charge in [-0.1, -0.05) is 320 Å². The number of hydrogen-bond donors (Lipinski definition) is 3. The van der Waals surface area contributed by atoms with Gasteiger partial charge in [-0.25, -0.2) is 0 Å². The normalized spacial score (nSPS) is 13.0. The molecule has 4 heteroatoms. The highest BCUT2D eigenvalue weighted by molar-refractivity contribution is 5.76. The van der Waals surface area contributed by atoms with Crippen molar-refractivity contribution in [2.24, 2.45) is 0 Å². The Balaban J connectivity index is 3.44. The number of aliphatic hydroxyl groups excluding tert-OH is 2. The minimum absolute atomic E-state index is 0.0584. The first kappa shape index (κ1) is 65.6. The quantitative estimate of drug-likeness (QED) is 0.0420. The molecule has 0 rings (SSSR count). The average Bonchev–Trinajstić information content (AvgIpc) is 3.33. The third kappa shape index (κ3) is 55.4. The fourth-order valence-corrected chi connectivity index (χ4v) is 9.68. The summed E-state index contributed by atoms with van der Waals surface area (Å²) in [4.78, 5) is 12.5. The summed E-state index contributed by atoms with van der Waals surface area (Å²) < 4.78 is 0. The second kappa shape index (κ2) is 58.9. The lowest BCUT2D eigenvalue weighted by atomic mass is 10.0. The number of nitrogens with one attached hydrogen (secondary N) is 1. The van der Waals surface area contributed by atoms with Gasteiger partial charge in [0.05, 0.1) is 18.8 Å². The molecule has 0 fully saturated rings. The van der Waals surface area contributed by atoms with Gasteiger partial charge in [-0.05, 0) is 51.4 Å². The Kier molecular flexibility index (Phi) is 57.7. The van der Waals surface area contributed by atoms with E-state index in [1.807, 2.05) is 6.08 Å². The first-order valence-corrected chi connectivity index (χ1v) is 30.7. The molecule has 0 radical (unpaired) electrons. The summed E-state index contributed by atoms with van der Waals surface area (Å²) in [6, 6.07) is -0.622. The third-order valence-electron chi connectivity index (χ3n) is 14.4. The summed E-state index contributed by atoms with van der Waals surface area (Å²) in [5, 5.41) is 23.2. The van der Waals surface area contributed by atoms with Crippen molar-refractivity contribution < 1.29 is 15.0 Å². The number of rotatable bonds is 57. The van der Waals surface area contributed by atoms with Crippen molar-refractivity contribution in [3.63, 3.8) is 0 Å². The molecule has 0 spiro atoms. The maximum Gasteiger partial charge on any atom is 0.220 e. The van der Waals surface area contributed by atoms with E-state index in [-0.39, 0.29) is 12.5 Å². The Morgan fingerprint density at radius 2 is 0.612 bits per heavy atom. The van der Waals surface area contributed by atoms with E-state index in [1.54, 1.807) is 6.08 Å². The van der Waals surface area contributed by atoms with Crippen molar-refractivity contribution in [3.05, 3.63) is 36.5 Å². The van der Waals surface area contributed by atoms with Crippen molar-refractivity contribution in [1.29, 1.82) is 0 Å². The Bertz CT molecular complexity index is 1020. The number of allylic oxidation sites excluding steroid dienone is 5. The van der Waals surface area contributed by atoms with E-state index in [0.717, 1.165) is 32.1 Å². The second-order valence-corrected chi connectivity index (χ2v) is 21.1. The smallest absolute Gasteiger partial charge is 0.220 e. The molecule has 67 heavy (non-hydrogen) atoms. The highest BCUT2D eigenvalue weighted by atomic mass is 16.3. The second-order valence-electron chi connectivity index (χ2n) is 21.1. The molecule has 0 aliphatic rings. The van der Waals surface area contributed by atoms with E-state index in [2.05, 4.69) is 43.5 Å². The molecule has 0 aromatic heterocycles. The molecule has 3 N–H and O–H groups in total. The van der Waals surface area contributed by atoms with Crippen LogP contribution in [-0.4, -0.2) is 34.9 Å². The number of unbranched alkanes of at least 4 members (excludes halogenated alkanes) is 46. The summed E-state index contributed by atoms with van der Waals surface area (Å²) in [5.41, 5.74) is 0. The lowest BCUT2D eigenvalue weighted by molar-refractivity contribution is -0.123. The zero-order valence-corrected chi connectivity index (χ0v) is 45.7. The maximum absolute atomic E-state index is 12.5. The van der Waals surface area contributed by atoms with Crippen LogP contribution in [0.15, 0.2) is 36.5 Å². The van der Waals surface area contributed by atoms with Crippen molar-refractivity contribution in [3.8, 4) is 0 Å².